The van der Waals surface area contributed by atoms with Crippen molar-refractivity contribution in [2.24, 2.45) is 0 Å². The highest BCUT2D eigenvalue weighted by molar-refractivity contribution is 6.30. The molecule has 0 bridgehead atoms. The van der Waals surface area contributed by atoms with E-state index in [-0.39, 0.29) is 18.4 Å². The Bertz CT molecular complexity index is 1230. The number of aromatic amines is 1. The van der Waals surface area contributed by atoms with E-state index in [4.69, 9.17) is 11.6 Å². The fraction of sp³-hybridized carbons (Fsp3) is 0.0476. The third kappa shape index (κ3) is 2.50. The van der Waals surface area contributed by atoms with Gasteiger partial charge in [-0.2, -0.15) is 5.10 Å². The molecule has 28 heavy (non-hydrogen) atoms. The van der Waals surface area contributed by atoms with E-state index in [1.165, 1.54) is 11.1 Å². The number of H-pyrrole nitrogens is 1. The number of hydrogen-bond acceptors (Lipinski definition) is 4. The van der Waals surface area contributed by atoms with Crippen molar-refractivity contribution in [1.82, 2.24) is 20.1 Å². The van der Waals surface area contributed by atoms with Gasteiger partial charge in [-0.15, -0.1) is 0 Å². The minimum absolute atomic E-state index is 0.211. The monoisotopic (exact) mass is 388 g/mol. The van der Waals surface area contributed by atoms with Gasteiger partial charge in [0, 0.05) is 16.8 Å². The molecule has 136 valence electrons. The van der Waals surface area contributed by atoms with Crippen molar-refractivity contribution >= 4 is 34.4 Å². The Morgan fingerprint density at radius 2 is 1.71 bits per heavy atom. The molecule has 0 atom stereocenters. The standard InChI is InChI=1S/C21H13ClN4O2/c22-14-8-6-13(7-9-14)18-17-16-15(10-23-19(17)25-24-18)20(27)26(21(16)28)11-12-4-2-1-3-5-12/h1-10H,11H2,(H,23,24,25). The van der Waals surface area contributed by atoms with Gasteiger partial charge < -0.3 is 0 Å². The topological polar surface area (TPSA) is 79.0 Å². The zero-order chi connectivity index (χ0) is 19.3. The van der Waals surface area contributed by atoms with E-state index in [9.17, 15) is 9.59 Å². The Morgan fingerprint density at radius 1 is 0.964 bits per heavy atom. The second-order valence-corrected chi connectivity index (χ2v) is 6.97. The van der Waals surface area contributed by atoms with Crippen molar-refractivity contribution in [3.63, 3.8) is 0 Å². The van der Waals surface area contributed by atoms with Crippen LogP contribution in [0.1, 0.15) is 26.3 Å². The van der Waals surface area contributed by atoms with Crippen LogP contribution in [0.4, 0.5) is 0 Å². The van der Waals surface area contributed by atoms with E-state index >= 15 is 0 Å². The second-order valence-electron chi connectivity index (χ2n) is 6.53. The molecule has 0 unspecified atom stereocenters. The van der Waals surface area contributed by atoms with Crippen LogP contribution in [0, 0.1) is 0 Å². The van der Waals surface area contributed by atoms with Crippen LogP contribution in [-0.4, -0.2) is 31.9 Å². The van der Waals surface area contributed by atoms with Gasteiger partial charge in [0.15, 0.2) is 5.65 Å². The number of nitrogens with zero attached hydrogens (tertiary/aromatic N) is 3. The largest absolute Gasteiger partial charge is 0.275 e. The van der Waals surface area contributed by atoms with Crippen molar-refractivity contribution in [3.05, 3.63) is 82.5 Å². The normalized spacial score (nSPS) is 13.4. The molecule has 0 radical (unpaired) electrons. The molecule has 1 aliphatic heterocycles. The maximum absolute atomic E-state index is 13.2. The maximum atomic E-state index is 13.2. The average Bonchev–Trinajstić information content (AvgIpc) is 3.24. The van der Waals surface area contributed by atoms with E-state index in [0.717, 1.165) is 11.1 Å². The molecule has 2 amide bonds. The van der Waals surface area contributed by atoms with Crippen LogP contribution in [0.25, 0.3) is 22.3 Å². The SMILES string of the molecule is O=C1c2cnc3n[nH]c(-c4ccc(Cl)cc4)c3c2C(=O)N1Cc1ccccc1. The lowest BCUT2D eigenvalue weighted by Gasteiger charge is -2.13. The summed E-state index contributed by atoms with van der Waals surface area (Å²) in [6.45, 7) is 0.211. The number of amides is 2. The molecule has 4 aromatic rings. The molecule has 1 N–H and O–H groups in total. The third-order valence-corrected chi connectivity index (χ3v) is 5.09. The lowest BCUT2D eigenvalue weighted by Crippen LogP contribution is -2.29. The summed E-state index contributed by atoms with van der Waals surface area (Å²) in [6.07, 6.45) is 1.43. The molecule has 0 fully saturated rings. The molecule has 0 spiro atoms. The molecule has 0 saturated carbocycles. The number of fused-ring (bicyclic) bond motifs is 3. The average molecular weight is 389 g/mol. The van der Waals surface area contributed by atoms with Crippen molar-refractivity contribution < 1.29 is 9.59 Å². The molecular formula is C21H13ClN4O2. The van der Waals surface area contributed by atoms with Crippen LogP contribution >= 0.6 is 11.6 Å². The zero-order valence-corrected chi connectivity index (χ0v) is 15.3. The predicted molar refractivity (Wildman–Crippen MR) is 105 cm³/mol. The first-order valence-electron chi connectivity index (χ1n) is 8.66. The van der Waals surface area contributed by atoms with Gasteiger partial charge >= 0.3 is 0 Å². The van der Waals surface area contributed by atoms with Gasteiger partial charge in [-0.05, 0) is 17.7 Å². The van der Waals surface area contributed by atoms with Crippen molar-refractivity contribution in [3.8, 4) is 11.3 Å². The first-order valence-corrected chi connectivity index (χ1v) is 9.04. The minimum atomic E-state index is -0.346. The number of nitrogens with one attached hydrogen (secondary N) is 1. The molecule has 3 heterocycles. The molecule has 6 nitrogen and oxygen atoms in total. The number of benzene rings is 2. The minimum Gasteiger partial charge on any atom is -0.275 e. The highest BCUT2D eigenvalue weighted by Crippen LogP contribution is 2.35. The Kier molecular flexibility index (Phi) is 3.74. The van der Waals surface area contributed by atoms with E-state index < -0.39 is 0 Å². The summed E-state index contributed by atoms with van der Waals surface area (Å²) in [5, 5.41) is 8.31. The molecule has 0 aliphatic carbocycles. The quantitative estimate of drug-likeness (QED) is 0.536. The maximum Gasteiger partial charge on any atom is 0.263 e. The van der Waals surface area contributed by atoms with E-state index in [1.54, 1.807) is 12.1 Å². The molecule has 7 heteroatoms. The van der Waals surface area contributed by atoms with Gasteiger partial charge in [-0.25, -0.2) is 4.98 Å². The van der Waals surface area contributed by atoms with Crippen LogP contribution in [0.15, 0.2) is 60.8 Å². The van der Waals surface area contributed by atoms with Crippen LogP contribution in [0.5, 0.6) is 0 Å². The smallest absolute Gasteiger partial charge is 0.263 e. The highest BCUT2D eigenvalue weighted by Gasteiger charge is 2.38. The van der Waals surface area contributed by atoms with Gasteiger partial charge in [0.2, 0.25) is 0 Å². The summed E-state index contributed by atoms with van der Waals surface area (Å²) in [5.41, 5.74) is 3.36. The lowest BCUT2D eigenvalue weighted by atomic mass is 10.0. The third-order valence-electron chi connectivity index (χ3n) is 4.83. The summed E-state index contributed by atoms with van der Waals surface area (Å²) >= 11 is 5.98. The summed E-state index contributed by atoms with van der Waals surface area (Å²) in [5.74, 6) is -0.686. The molecule has 0 saturated heterocycles. The summed E-state index contributed by atoms with van der Waals surface area (Å²) in [4.78, 5) is 31.6. The summed E-state index contributed by atoms with van der Waals surface area (Å²) in [6, 6.07) is 16.6. The number of imide groups is 1. The van der Waals surface area contributed by atoms with Gasteiger partial charge in [0.05, 0.1) is 28.8 Å². The Hall–Kier alpha value is -3.51. The number of rotatable bonds is 3. The highest BCUT2D eigenvalue weighted by atomic mass is 35.5. The lowest BCUT2D eigenvalue weighted by molar-refractivity contribution is 0.0643. The summed E-state index contributed by atoms with van der Waals surface area (Å²) < 4.78 is 0. The molecular weight excluding hydrogens is 376 g/mol. The molecule has 2 aromatic carbocycles. The Balaban J connectivity index is 1.65. The van der Waals surface area contributed by atoms with Crippen molar-refractivity contribution in [2.45, 2.75) is 6.54 Å². The Morgan fingerprint density at radius 3 is 2.46 bits per heavy atom. The van der Waals surface area contributed by atoms with Crippen molar-refractivity contribution in [1.29, 1.82) is 0 Å². The number of aromatic nitrogens is 3. The zero-order valence-electron chi connectivity index (χ0n) is 14.5. The number of hydrogen-bond donors (Lipinski definition) is 1. The van der Waals surface area contributed by atoms with E-state index in [1.807, 2.05) is 42.5 Å². The van der Waals surface area contributed by atoms with Gasteiger partial charge in [-0.3, -0.25) is 19.6 Å². The number of carbonyl (C=O) groups is 2. The van der Waals surface area contributed by atoms with Crippen molar-refractivity contribution in [2.75, 3.05) is 0 Å². The number of halogens is 1. The van der Waals surface area contributed by atoms with Crippen LogP contribution in [0.2, 0.25) is 5.02 Å². The van der Waals surface area contributed by atoms with Gasteiger partial charge in [0.25, 0.3) is 11.8 Å². The molecule has 1 aliphatic rings. The number of pyridine rings is 1. The fourth-order valence-corrected chi connectivity index (χ4v) is 3.61. The fourth-order valence-electron chi connectivity index (χ4n) is 3.48. The van der Waals surface area contributed by atoms with E-state index in [0.29, 0.717) is 32.9 Å². The predicted octanol–water partition coefficient (Wildman–Crippen LogP) is 4.07. The van der Waals surface area contributed by atoms with E-state index in [2.05, 4.69) is 15.2 Å². The first kappa shape index (κ1) is 16.6. The Labute approximate surface area is 164 Å². The second kappa shape index (κ2) is 6.28. The van der Waals surface area contributed by atoms with Crippen LogP contribution < -0.4 is 0 Å². The summed E-state index contributed by atoms with van der Waals surface area (Å²) in [7, 11) is 0. The van der Waals surface area contributed by atoms with Crippen LogP contribution in [-0.2, 0) is 6.54 Å². The molecule has 5 rings (SSSR count). The molecule has 2 aromatic heterocycles. The van der Waals surface area contributed by atoms with Crippen LogP contribution in [0.3, 0.4) is 0 Å². The van der Waals surface area contributed by atoms with Gasteiger partial charge in [0.1, 0.15) is 0 Å². The first-order chi connectivity index (χ1) is 13.6. The van der Waals surface area contributed by atoms with Gasteiger partial charge in [-0.1, -0.05) is 54.1 Å². The number of carbonyl (C=O) groups excluding carboxylic acids is 2.